The Morgan fingerprint density at radius 1 is 1.28 bits per heavy atom. The van der Waals surface area contributed by atoms with Crippen molar-refractivity contribution < 1.29 is 22.7 Å². The molecule has 0 aromatic heterocycles. The van der Waals surface area contributed by atoms with Gasteiger partial charge < -0.3 is 20.7 Å². The first-order valence-corrected chi connectivity index (χ1v) is 8.04. The highest BCUT2D eigenvalue weighted by Gasteiger charge is 2.41. The Morgan fingerprint density at radius 3 is 2.72 bits per heavy atom. The summed E-state index contributed by atoms with van der Waals surface area (Å²) in [6, 6.07) is 1.85. The zero-order chi connectivity index (χ0) is 18.0. The van der Waals surface area contributed by atoms with E-state index in [1.165, 1.54) is 0 Å². The number of carbonyl (C=O) groups is 1. The molecule has 1 aromatic carbocycles. The SMILES string of the molecule is CN=C(NCC(=O)Nc1ccc(F)c(F)c1F)NC1CC2CCC1O2. The zero-order valence-corrected chi connectivity index (χ0v) is 13.6. The molecule has 1 amide bonds. The quantitative estimate of drug-likeness (QED) is 0.435. The fourth-order valence-corrected chi connectivity index (χ4v) is 3.14. The largest absolute Gasteiger partial charge is 0.373 e. The molecule has 6 nitrogen and oxygen atoms in total. The predicted octanol–water partition coefficient (Wildman–Crippen LogP) is 1.53. The smallest absolute Gasteiger partial charge is 0.243 e. The summed E-state index contributed by atoms with van der Waals surface area (Å²) in [6.07, 6.45) is 3.37. The van der Waals surface area contributed by atoms with Crippen molar-refractivity contribution in [1.29, 1.82) is 0 Å². The van der Waals surface area contributed by atoms with E-state index in [0.717, 1.165) is 31.4 Å². The number of carbonyl (C=O) groups excluding carboxylic acids is 1. The van der Waals surface area contributed by atoms with Crippen LogP contribution < -0.4 is 16.0 Å². The molecule has 25 heavy (non-hydrogen) atoms. The van der Waals surface area contributed by atoms with Crippen LogP contribution in [0.4, 0.5) is 18.9 Å². The zero-order valence-electron chi connectivity index (χ0n) is 13.6. The van der Waals surface area contributed by atoms with Crippen molar-refractivity contribution in [2.45, 2.75) is 37.5 Å². The number of nitrogens with zero attached hydrogens (tertiary/aromatic N) is 1. The summed E-state index contributed by atoms with van der Waals surface area (Å²) in [5, 5.41) is 8.18. The van der Waals surface area contributed by atoms with Crippen LogP contribution in [-0.2, 0) is 9.53 Å². The topological polar surface area (TPSA) is 74.8 Å². The number of fused-ring (bicyclic) bond motifs is 2. The molecule has 3 unspecified atom stereocenters. The van der Waals surface area contributed by atoms with Gasteiger partial charge in [-0.1, -0.05) is 0 Å². The average Bonchev–Trinajstić information content (AvgIpc) is 3.22. The normalized spacial score (nSPS) is 25.1. The van der Waals surface area contributed by atoms with Crippen LogP contribution in [0.3, 0.4) is 0 Å². The first-order valence-electron chi connectivity index (χ1n) is 8.04. The van der Waals surface area contributed by atoms with Gasteiger partial charge in [-0.2, -0.15) is 0 Å². The summed E-state index contributed by atoms with van der Waals surface area (Å²) in [7, 11) is 1.57. The molecule has 0 spiro atoms. The van der Waals surface area contributed by atoms with Crippen molar-refractivity contribution in [3.63, 3.8) is 0 Å². The van der Waals surface area contributed by atoms with Gasteiger partial charge in [0.05, 0.1) is 30.5 Å². The Hall–Kier alpha value is -2.29. The second-order valence-electron chi connectivity index (χ2n) is 6.06. The number of nitrogens with one attached hydrogen (secondary N) is 3. The number of aliphatic imine (C=N–C) groups is 1. The van der Waals surface area contributed by atoms with E-state index < -0.39 is 29.0 Å². The third-order valence-corrected chi connectivity index (χ3v) is 4.38. The molecule has 3 atom stereocenters. The maximum atomic E-state index is 13.5. The molecule has 2 fully saturated rings. The van der Waals surface area contributed by atoms with Gasteiger partial charge in [0.1, 0.15) is 0 Å². The van der Waals surface area contributed by atoms with Crippen molar-refractivity contribution in [2.75, 3.05) is 18.9 Å². The van der Waals surface area contributed by atoms with E-state index in [-0.39, 0.29) is 24.8 Å². The van der Waals surface area contributed by atoms with Crippen LogP contribution in [0.2, 0.25) is 0 Å². The summed E-state index contributed by atoms with van der Waals surface area (Å²) in [5.74, 6) is -4.57. The lowest BCUT2D eigenvalue weighted by atomic mass is 9.96. The third-order valence-electron chi connectivity index (χ3n) is 4.38. The summed E-state index contributed by atoms with van der Waals surface area (Å²) < 4.78 is 45.3. The van der Waals surface area contributed by atoms with Gasteiger partial charge in [0.2, 0.25) is 5.91 Å². The van der Waals surface area contributed by atoms with Crippen LogP contribution in [-0.4, -0.2) is 43.7 Å². The average molecular weight is 356 g/mol. The van der Waals surface area contributed by atoms with E-state index in [9.17, 15) is 18.0 Å². The number of benzene rings is 1. The van der Waals surface area contributed by atoms with Gasteiger partial charge in [-0.3, -0.25) is 9.79 Å². The molecule has 9 heteroatoms. The summed E-state index contributed by atoms with van der Waals surface area (Å²) in [6.45, 7) is -0.209. The van der Waals surface area contributed by atoms with Gasteiger partial charge in [0, 0.05) is 7.05 Å². The first-order chi connectivity index (χ1) is 12.0. The number of rotatable bonds is 4. The fourth-order valence-electron chi connectivity index (χ4n) is 3.14. The molecule has 136 valence electrons. The van der Waals surface area contributed by atoms with E-state index in [1.807, 2.05) is 0 Å². The van der Waals surface area contributed by atoms with Gasteiger partial charge >= 0.3 is 0 Å². The molecular weight excluding hydrogens is 337 g/mol. The van der Waals surface area contributed by atoms with Crippen molar-refractivity contribution in [3.8, 4) is 0 Å². The lowest BCUT2D eigenvalue weighted by molar-refractivity contribution is -0.115. The standard InChI is InChI=1S/C16H19F3N4O2/c1-20-16(23-11-6-8-2-5-12(11)25-8)21-7-13(24)22-10-4-3-9(17)14(18)15(10)19/h3-4,8,11-12H,2,5-7H2,1H3,(H,22,24)(H2,20,21,23). The number of halogens is 3. The molecule has 2 aliphatic rings. The van der Waals surface area contributed by atoms with Gasteiger partial charge in [-0.25, -0.2) is 13.2 Å². The van der Waals surface area contributed by atoms with Gasteiger partial charge in [0.25, 0.3) is 0 Å². The Bertz CT molecular complexity index is 698. The van der Waals surface area contributed by atoms with Crippen molar-refractivity contribution in [1.82, 2.24) is 10.6 Å². The van der Waals surface area contributed by atoms with E-state index in [0.29, 0.717) is 5.96 Å². The fraction of sp³-hybridized carbons (Fsp3) is 0.500. The summed E-state index contributed by atoms with van der Waals surface area (Å²) in [4.78, 5) is 15.9. The maximum absolute atomic E-state index is 13.5. The van der Waals surface area contributed by atoms with E-state index >= 15 is 0 Å². The minimum atomic E-state index is -1.63. The first kappa shape index (κ1) is 17.5. The number of ether oxygens (including phenoxy) is 1. The highest BCUT2D eigenvalue weighted by Crippen LogP contribution is 2.34. The van der Waals surface area contributed by atoms with Crippen molar-refractivity contribution in [3.05, 3.63) is 29.6 Å². The number of hydrogen-bond acceptors (Lipinski definition) is 3. The van der Waals surface area contributed by atoms with E-state index in [1.54, 1.807) is 7.05 Å². The number of hydrogen-bond donors (Lipinski definition) is 3. The number of amides is 1. The van der Waals surface area contributed by atoms with Gasteiger partial charge in [-0.05, 0) is 31.4 Å². The lowest BCUT2D eigenvalue weighted by Gasteiger charge is -2.22. The monoisotopic (exact) mass is 356 g/mol. The van der Waals surface area contributed by atoms with Crippen LogP contribution >= 0.6 is 0 Å². The second-order valence-corrected chi connectivity index (χ2v) is 6.06. The molecule has 2 aliphatic heterocycles. The molecule has 3 N–H and O–H groups in total. The van der Waals surface area contributed by atoms with E-state index in [4.69, 9.17) is 4.74 Å². The van der Waals surface area contributed by atoms with Crippen molar-refractivity contribution >= 4 is 17.6 Å². The molecule has 3 rings (SSSR count). The molecule has 0 aliphatic carbocycles. The number of guanidine groups is 1. The predicted molar refractivity (Wildman–Crippen MR) is 85.7 cm³/mol. The maximum Gasteiger partial charge on any atom is 0.243 e. The summed E-state index contributed by atoms with van der Waals surface area (Å²) >= 11 is 0. The van der Waals surface area contributed by atoms with Gasteiger partial charge in [0.15, 0.2) is 23.4 Å². The van der Waals surface area contributed by atoms with Crippen LogP contribution in [0.25, 0.3) is 0 Å². The minimum Gasteiger partial charge on any atom is -0.373 e. The second kappa shape index (κ2) is 7.30. The third kappa shape index (κ3) is 3.87. The van der Waals surface area contributed by atoms with Gasteiger partial charge in [-0.15, -0.1) is 0 Å². The molecule has 2 saturated heterocycles. The van der Waals surface area contributed by atoms with Crippen LogP contribution in [0.1, 0.15) is 19.3 Å². The minimum absolute atomic E-state index is 0.136. The molecule has 0 radical (unpaired) electrons. The molecule has 0 saturated carbocycles. The van der Waals surface area contributed by atoms with E-state index in [2.05, 4.69) is 20.9 Å². The highest BCUT2D eigenvalue weighted by atomic mass is 19.2. The molecule has 2 heterocycles. The Morgan fingerprint density at radius 2 is 2.08 bits per heavy atom. The number of anilines is 1. The summed E-state index contributed by atoms with van der Waals surface area (Å²) in [5.41, 5.74) is -0.421. The van der Waals surface area contributed by atoms with Crippen LogP contribution in [0.5, 0.6) is 0 Å². The molecule has 2 bridgehead atoms. The van der Waals surface area contributed by atoms with Crippen molar-refractivity contribution in [2.24, 2.45) is 4.99 Å². The molecule has 1 aromatic rings. The lowest BCUT2D eigenvalue weighted by Crippen LogP contribution is -2.49. The van der Waals surface area contributed by atoms with Crippen LogP contribution in [0.15, 0.2) is 17.1 Å². The Labute approximate surface area is 142 Å². The van der Waals surface area contributed by atoms with Crippen LogP contribution in [0, 0.1) is 17.5 Å². The molecular formula is C16H19F3N4O2. The highest BCUT2D eigenvalue weighted by molar-refractivity contribution is 5.95. The Kier molecular flexibility index (Phi) is 5.12. The Balaban J connectivity index is 1.50.